The van der Waals surface area contributed by atoms with Crippen LogP contribution in [0.5, 0.6) is 5.75 Å². The monoisotopic (exact) mass is 487 g/mol. The number of benzene rings is 1. The summed E-state index contributed by atoms with van der Waals surface area (Å²) in [6, 6.07) is 6.71. The van der Waals surface area contributed by atoms with Crippen LogP contribution in [0.1, 0.15) is 36.0 Å². The maximum Gasteiger partial charge on any atom is 0.339 e. The summed E-state index contributed by atoms with van der Waals surface area (Å²) >= 11 is 0. The lowest BCUT2D eigenvalue weighted by molar-refractivity contribution is 0.0694. The Morgan fingerprint density at radius 2 is 1.61 bits per heavy atom. The summed E-state index contributed by atoms with van der Waals surface area (Å²) in [5.41, 5.74) is 2.30. The second kappa shape index (κ2) is 8.37. The van der Waals surface area contributed by atoms with Crippen LogP contribution < -0.4 is 9.80 Å². The molecule has 5 rings (SSSR count). The number of carboxylic acid groups (broad SMARTS) is 1. The molecule has 1 aromatic carbocycles. The Hall–Kier alpha value is -2.81. The number of fused-ring (bicyclic) bond motifs is 1. The molecule has 0 aliphatic carbocycles. The number of nitrogens with zero attached hydrogens (tertiary/aromatic N) is 5. The minimum absolute atomic E-state index is 0. The predicted molar refractivity (Wildman–Crippen MR) is 126 cm³/mol. The van der Waals surface area contributed by atoms with Crippen molar-refractivity contribution in [1.82, 2.24) is 14.5 Å². The number of aromatic carboxylic acids is 1. The van der Waals surface area contributed by atoms with Gasteiger partial charge in [-0.05, 0) is 55.5 Å². The van der Waals surface area contributed by atoms with E-state index in [-0.39, 0.29) is 28.3 Å². The highest BCUT2D eigenvalue weighted by atomic mass is 79.9. The van der Waals surface area contributed by atoms with Crippen molar-refractivity contribution < 1.29 is 15.0 Å². The molecule has 0 spiro atoms. The molecule has 4 heterocycles. The van der Waals surface area contributed by atoms with Crippen molar-refractivity contribution in [2.75, 3.05) is 36.0 Å². The molecule has 0 radical (unpaired) electrons. The molecule has 31 heavy (non-hydrogen) atoms. The van der Waals surface area contributed by atoms with Gasteiger partial charge in [-0.15, -0.1) is 17.0 Å². The summed E-state index contributed by atoms with van der Waals surface area (Å²) in [7, 11) is 1.94. The molecule has 2 saturated heterocycles. The Bertz CT molecular complexity index is 1130. The van der Waals surface area contributed by atoms with Gasteiger partial charge in [0, 0.05) is 33.2 Å². The summed E-state index contributed by atoms with van der Waals surface area (Å²) < 4.78 is 1.99. The van der Waals surface area contributed by atoms with Gasteiger partial charge < -0.3 is 24.6 Å². The van der Waals surface area contributed by atoms with E-state index >= 15 is 0 Å². The number of hydrogen-bond donors (Lipinski definition) is 2. The zero-order chi connectivity index (χ0) is 20.8. The molecule has 0 bridgehead atoms. The molecule has 0 atom stereocenters. The quantitative estimate of drug-likeness (QED) is 0.577. The van der Waals surface area contributed by atoms with E-state index < -0.39 is 5.97 Å². The van der Waals surface area contributed by atoms with Crippen molar-refractivity contribution in [1.29, 1.82) is 0 Å². The summed E-state index contributed by atoms with van der Waals surface area (Å²) in [4.78, 5) is 25.9. The number of aromatic nitrogens is 3. The first kappa shape index (κ1) is 21.4. The molecule has 8 nitrogen and oxygen atoms in total. The minimum atomic E-state index is -1.15. The summed E-state index contributed by atoms with van der Waals surface area (Å²) in [5, 5.41) is 20.2. The smallest absolute Gasteiger partial charge is 0.339 e. The van der Waals surface area contributed by atoms with Gasteiger partial charge >= 0.3 is 5.97 Å². The van der Waals surface area contributed by atoms with Crippen molar-refractivity contribution in [3.63, 3.8) is 0 Å². The highest BCUT2D eigenvalue weighted by molar-refractivity contribution is 8.93. The second-order valence-electron chi connectivity index (χ2n) is 8.10. The average Bonchev–Trinajstić information content (AvgIpc) is 3.50. The molecule has 0 amide bonds. The zero-order valence-corrected chi connectivity index (χ0v) is 19.1. The molecule has 2 aliphatic rings. The third kappa shape index (κ3) is 3.71. The van der Waals surface area contributed by atoms with Crippen molar-refractivity contribution in [2.24, 2.45) is 7.05 Å². The number of halogens is 1. The fraction of sp³-hybridized carbons (Fsp3) is 0.409. The average molecular weight is 488 g/mol. The van der Waals surface area contributed by atoms with Gasteiger partial charge in [-0.2, -0.15) is 9.97 Å². The standard InChI is InChI=1S/C22H25N5O3.BrH/c1-25-17(14-6-7-18(28)15(12-14)21(29)30)13-16-19(25)23-22(27-10-4-5-11-27)24-20(16)26-8-2-3-9-26;/h6-7,12-13,28H,2-5,8-11H2,1H3,(H,29,30);1H. The van der Waals surface area contributed by atoms with Gasteiger partial charge in [0.05, 0.1) is 11.1 Å². The molecule has 3 aromatic rings. The Morgan fingerprint density at radius 1 is 0.968 bits per heavy atom. The van der Waals surface area contributed by atoms with Gasteiger partial charge in [-0.1, -0.05) is 0 Å². The van der Waals surface area contributed by atoms with E-state index in [1.165, 1.54) is 12.1 Å². The molecule has 2 aliphatic heterocycles. The molecule has 9 heteroatoms. The van der Waals surface area contributed by atoms with E-state index in [1.807, 2.05) is 17.7 Å². The number of carboxylic acids is 1. The van der Waals surface area contributed by atoms with Crippen molar-refractivity contribution in [2.45, 2.75) is 25.7 Å². The zero-order valence-electron chi connectivity index (χ0n) is 17.4. The maximum absolute atomic E-state index is 11.5. The number of aryl methyl sites for hydroxylation is 1. The van der Waals surface area contributed by atoms with E-state index in [0.29, 0.717) is 0 Å². The van der Waals surface area contributed by atoms with Crippen molar-refractivity contribution >= 4 is 45.8 Å². The van der Waals surface area contributed by atoms with Crippen LogP contribution in [0.25, 0.3) is 22.3 Å². The van der Waals surface area contributed by atoms with Gasteiger partial charge in [0.1, 0.15) is 22.8 Å². The largest absolute Gasteiger partial charge is 0.507 e. The molecule has 2 fully saturated rings. The first-order chi connectivity index (χ1) is 14.5. The van der Waals surface area contributed by atoms with E-state index in [0.717, 1.165) is 85.9 Å². The lowest BCUT2D eigenvalue weighted by atomic mass is 10.1. The third-order valence-electron chi connectivity index (χ3n) is 6.17. The number of anilines is 2. The van der Waals surface area contributed by atoms with Crippen LogP contribution in [-0.2, 0) is 7.05 Å². The lowest BCUT2D eigenvalue weighted by Crippen LogP contribution is -2.24. The number of carbonyl (C=O) groups is 1. The van der Waals surface area contributed by atoms with Gasteiger partial charge in [0.25, 0.3) is 0 Å². The SMILES string of the molecule is Br.Cn1c(-c2ccc(O)c(C(=O)O)c2)cc2c(N3CCCC3)nc(N3CCCC3)nc21. The molecular formula is C22H26BrN5O3. The first-order valence-corrected chi connectivity index (χ1v) is 10.5. The van der Waals surface area contributed by atoms with Crippen molar-refractivity contribution in [3.8, 4) is 17.0 Å². The summed E-state index contributed by atoms with van der Waals surface area (Å²) in [6.45, 7) is 3.92. The third-order valence-corrected chi connectivity index (χ3v) is 6.17. The van der Waals surface area contributed by atoms with Crippen LogP contribution in [0.4, 0.5) is 11.8 Å². The number of phenols is 1. The van der Waals surface area contributed by atoms with Crippen LogP contribution in [-0.4, -0.2) is 56.9 Å². The number of hydrogen-bond acceptors (Lipinski definition) is 6. The Labute approximate surface area is 190 Å². The highest BCUT2D eigenvalue weighted by Crippen LogP contribution is 2.36. The molecular weight excluding hydrogens is 462 g/mol. The Morgan fingerprint density at radius 3 is 2.26 bits per heavy atom. The summed E-state index contributed by atoms with van der Waals surface area (Å²) in [6.07, 6.45) is 4.63. The minimum Gasteiger partial charge on any atom is -0.507 e. The van der Waals surface area contributed by atoms with E-state index in [9.17, 15) is 15.0 Å². The van der Waals surface area contributed by atoms with Gasteiger partial charge in [0.2, 0.25) is 5.95 Å². The lowest BCUT2D eigenvalue weighted by Gasteiger charge is -2.21. The van der Waals surface area contributed by atoms with Crippen molar-refractivity contribution in [3.05, 3.63) is 29.8 Å². The molecule has 0 unspecified atom stereocenters. The van der Waals surface area contributed by atoms with Gasteiger partial charge in [-0.25, -0.2) is 4.79 Å². The van der Waals surface area contributed by atoms with Crippen LogP contribution in [0.15, 0.2) is 24.3 Å². The maximum atomic E-state index is 11.5. The van der Waals surface area contributed by atoms with Gasteiger partial charge in [0.15, 0.2) is 0 Å². The topological polar surface area (TPSA) is 94.7 Å². The number of aromatic hydroxyl groups is 1. The van der Waals surface area contributed by atoms with Crippen LogP contribution in [0.2, 0.25) is 0 Å². The molecule has 164 valence electrons. The molecule has 0 saturated carbocycles. The van der Waals surface area contributed by atoms with E-state index in [4.69, 9.17) is 9.97 Å². The normalized spacial score (nSPS) is 16.2. The predicted octanol–water partition coefficient (Wildman–Crippen LogP) is 3.82. The molecule has 2 aromatic heterocycles. The van der Waals surface area contributed by atoms with Crippen LogP contribution >= 0.6 is 17.0 Å². The fourth-order valence-electron chi connectivity index (χ4n) is 4.54. The highest BCUT2D eigenvalue weighted by Gasteiger charge is 2.25. The Kier molecular flexibility index (Phi) is 5.79. The fourth-order valence-corrected chi connectivity index (χ4v) is 4.54. The van der Waals surface area contributed by atoms with Crippen LogP contribution in [0, 0.1) is 0 Å². The van der Waals surface area contributed by atoms with Crippen LogP contribution in [0.3, 0.4) is 0 Å². The Balaban J connectivity index is 0.00000231. The van der Waals surface area contributed by atoms with E-state index in [2.05, 4.69) is 9.80 Å². The first-order valence-electron chi connectivity index (χ1n) is 10.5. The van der Waals surface area contributed by atoms with E-state index in [1.54, 1.807) is 6.07 Å². The summed E-state index contributed by atoms with van der Waals surface area (Å²) in [5.74, 6) is 0.339. The molecule has 2 N–H and O–H groups in total. The van der Waals surface area contributed by atoms with Gasteiger partial charge in [-0.3, -0.25) is 0 Å². The second-order valence-corrected chi connectivity index (χ2v) is 8.10. The number of rotatable bonds is 4.